The Kier molecular flexibility index (Phi) is 66.2. The van der Waals surface area contributed by atoms with E-state index in [2.05, 4.69) is 298 Å². The number of aliphatic hydroxyl groups is 2. The average molecular weight is 2820 g/mol. The summed E-state index contributed by atoms with van der Waals surface area (Å²) in [4.78, 5) is 0. The number of aromatic hydroxyl groups is 6. The van der Waals surface area contributed by atoms with Crippen LogP contribution in [-0.4, -0.2) is 92.3 Å². The van der Waals surface area contributed by atoms with Gasteiger partial charge in [-0.2, -0.15) is 0 Å². The van der Waals surface area contributed by atoms with Crippen molar-refractivity contribution >= 4 is 271 Å². The lowest BCUT2D eigenvalue weighted by atomic mass is 10.0. The first-order chi connectivity index (χ1) is 59.3. The van der Waals surface area contributed by atoms with Crippen molar-refractivity contribution in [2.45, 2.75) is 235 Å². The number of rotatable bonds is 36. The molecule has 9 aromatic carbocycles. The van der Waals surface area contributed by atoms with Gasteiger partial charge in [-0.1, -0.05) is 70.5 Å². The van der Waals surface area contributed by atoms with Crippen LogP contribution in [0, 0.1) is 80.8 Å². The lowest BCUT2D eigenvalue weighted by Crippen LogP contribution is -2.01. The molecule has 0 spiro atoms. The average Bonchev–Trinajstić information content (AvgIpc) is 0.840. The highest BCUT2D eigenvalue weighted by Crippen LogP contribution is 2.34. The number of aryl methyl sites for hydroxylation is 7. The van der Waals surface area contributed by atoms with Crippen LogP contribution < -0.4 is 0 Å². The molecule has 0 saturated heterocycles. The number of nitrogens with one attached hydrogen (secondary N) is 9. The summed E-state index contributed by atoms with van der Waals surface area (Å²) in [5.74, 6) is 1.10. The monoisotopic (exact) mass is 2820 g/mol. The maximum Gasteiger partial charge on any atom is 0.160 e. The lowest BCUT2D eigenvalue weighted by Gasteiger charge is -2.12. The number of halogens is 10. The van der Waals surface area contributed by atoms with Gasteiger partial charge in [0.05, 0.1) is 15.8 Å². The number of phenols is 6. The van der Waals surface area contributed by atoms with E-state index in [-0.39, 0.29) is 17.2 Å². The first-order valence-electron chi connectivity index (χ1n) is 41.4. The Morgan fingerprint density at radius 2 is 0.659 bits per heavy atom. The lowest BCUT2D eigenvalue weighted by molar-refractivity contribution is 0.169. The van der Waals surface area contributed by atoms with Crippen LogP contribution in [0.1, 0.15) is 240 Å². The molecule has 0 aliphatic carbocycles. The number of hydrogen-bond donors (Lipinski definition) is 17. The van der Waals surface area contributed by atoms with E-state index >= 15 is 0 Å². The molecule has 0 heterocycles. The van der Waals surface area contributed by atoms with Gasteiger partial charge in [0.2, 0.25) is 0 Å². The van der Waals surface area contributed by atoms with Crippen LogP contribution >= 0.6 is 219 Å². The summed E-state index contributed by atoms with van der Waals surface area (Å²) in [5.41, 5.74) is 16.1. The summed E-state index contributed by atoms with van der Waals surface area (Å²) in [6.07, 6.45) is 20.9. The van der Waals surface area contributed by atoms with Crippen LogP contribution in [-0.2, 0) is 44.9 Å². The summed E-state index contributed by atoms with van der Waals surface area (Å²) < 4.78 is 11.1. The Morgan fingerprint density at radius 1 is 0.278 bits per heavy atom. The Hall–Kier alpha value is -4.22. The Labute approximate surface area is 880 Å². The fourth-order valence-corrected chi connectivity index (χ4v) is 18.0. The maximum atomic E-state index is 9.84. The molecule has 9 aromatic rings. The minimum atomic E-state index is -0.647. The van der Waals surface area contributed by atoms with Crippen LogP contribution in [0.5, 0.6) is 34.5 Å². The molecule has 0 amide bonds. The number of benzene rings is 9. The molecule has 17 nitrogen and oxygen atoms in total. The van der Waals surface area contributed by atoms with Crippen LogP contribution in [0.25, 0.3) is 0 Å². The normalized spacial score (nSPS) is 10.7. The smallest absolute Gasteiger partial charge is 0.160 e. The third kappa shape index (κ3) is 60.8. The van der Waals surface area contributed by atoms with Crippen molar-refractivity contribution < 1.29 is 40.9 Å². The molecule has 0 saturated carbocycles. The molecule has 0 radical (unpaired) electrons. The molecule has 17 N–H and O–H groups in total. The number of hydrogen-bond acceptors (Lipinski definition) is 17. The van der Waals surface area contributed by atoms with Crippen molar-refractivity contribution in [1.29, 1.82) is 48.7 Å². The maximum absolute atomic E-state index is 9.84. The van der Waals surface area contributed by atoms with Crippen molar-refractivity contribution in [2.75, 3.05) is 0 Å². The van der Waals surface area contributed by atoms with Crippen molar-refractivity contribution in [1.82, 2.24) is 0 Å². The van der Waals surface area contributed by atoms with Gasteiger partial charge in [-0.3, -0.25) is 0 Å². The van der Waals surface area contributed by atoms with E-state index in [1.54, 1.807) is 57.2 Å². The first kappa shape index (κ1) is 120. The molecular formula is C99H125BrI9N9O8. The minimum Gasteiger partial charge on any atom is -0.508 e. The van der Waals surface area contributed by atoms with Gasteiger partial charge in [-0.05, 0) is 598 Å². The zero-order chi connectivity index (χ0) is 95.0. The van der Waals surface area contributed by atoms with Crippen LogP contribution in [0.4, 0.5) is 0 Å². The van der Waals surface area contributed by atoms with E-state index in [0.29, 0.717) is 77.8 Å². The molecule has 0 unspecified atom stereocenters. The van der Waals surface area contributed by atoms with E-state index in [1.165, 1.54) is 52.2 Å². The molecule has 9 rings (SSSR count). The fraction of sp³-hybridized carbons (Fsp3) is 0.364. The molecule has 0 aliphatic rings. The third-order valence-electron chi connectivity index (χ3n) is 18.2. The van der Waals surface area contributed by atoms with Gasteiger partial charge >= 0.3 is 0 Å². The second-order valence-corrected chi connectivity index (χ2v) is 42.4. The second-order valence-electron chi connectivity index (χ2n) is 30.6. The largest absolute Gasteiger partial charge is 0.508 e. The van der Waals surface area contributed by atoms with Gasteiger partial charge in [0.1, 0.15) is 23.0 Å². The zero-order valence-corrected chi connectivity index (χ0v) is 94.4. The van der Waals surface area contributed by atoms with E-state index in [1.807, 2.05) is 90.1 Å². The Morgan fingerprint density at radius 3 is 1.13 bits per heavy atom. The van der Waals surface area contributed by atoms with E-state index in [4.69, 9.17) is 48.7 Å². The summed E-state index contributed by atoms with van der Waals surface area (Å²) in [5, 5.41) is 142. The van der Waals surface area contributed by atoms with Crippen molar-refractivity contribution in [3.05, 3.63) is 263 Å². The zero-order valence-electron chi connectivity index (χ0n) is 73.4. The Balaban J connectivity index is 0.000000709. The predicted molar refractivity (Wildman–Crippen MR) is 610 cm³/mol. The van der Waals surface area contributed by atoms with Crippen LogP contribution in [0.2, 0.25) is 0 Å². The molecule has 0 aliphatic heterocycles. The number of phenolic OH excluding ortho intramolecular Hbond substituents is 6. The van der Waals surface area contributed by atoms with E-state index < -0.39 is 12.2 Å². The summed E-state index contributed by atoms with van der Waals surface area (Å²) in [6.45, 7) is 16.3. The highest BCUT2D eigenvalue weighted by Gasteiger charge is 2.14. The van der Waals surface area contributed by atoms with Crippen molar-refractivity contribution in [2.24, 2.45) is 0 Å². The fourth-order valence-electron chi connectivity index (χ4n) is 11.6. The molecule has 27 heteroatoms. The minimum absolute atomic E-state index is 0.0296. The van der Waals surface area contributed by atoms with Crippen molar-refractivity contribution in [3.63, 3.8) is 0 Å². The van der Waals surface area contributed by atoms with Gasteiger partial charge in [0.25, 0.3) is 0 Å². The molecule has 0 fully saturated rings. The SMILES string of the molecule is CC(=N)CCCc1cc(O)cc([131I])c1.CC(=N)CCCc1cc(O)ccc1[131I].CC(=N)CCCc1cc([131I])cc(O)c1O.CC(=N)CCCc1cc([131I])cc([131I])c1O.CC(=N)CCCc1ccc([131I])cc1.CC(=N)CCCc1cccc([131I])c1.CC(=N)CCCc1ccccc1[131I].CC(=N)CC[C@H](O)c1cc(O)ccc1[76Br].CC(=N)CC[C@H](O)c1ccc([131I])cc1. The Bertz CT molecular complexity index is 4790. The highest BCUT2D eigenvalue weighted by atomic mass is 131. The second kappa shape index (κ2) is 69.6. The van der Waals surface area contributed by atoms with Gasteiger partial charge in [0.15, 0.2) is 11.5 Å². The van der Waals surface area contributed by atoms with Crippen LogP contribution in [0.3, 0.4) is 0 Å². The predicted octanol–water partition coefficient (Wildman–Crippen LogP) is 30.9. The standard InChI is InChI=1S/C11H14BrNO2.C11H13I2NO.C11H14INO2.3C11H14INO.3C11H14IN/c1-7(13)2-5-11(15)9-6-8(14)3-4-10(9)12;1-7(14)3-2-4-8-5-9(12)6-10(13)11(8)15;1-7(13)3-2-4-8-5-9(12)6-10(14)11(8)15;1-8(13)2-7-11(14)9-3-5-10(12)6-4-9;1-8(13)3-2-4-9-5-10(12)7-11(14)6-9;1-8(13)3-2-4-9-7-10(14)5-6-11(9)12;1-9(13)4-2-5-10-6-3-7-11(12)8-10;1-9(13)5-4-7-10-6-2-3-8-11(10)12;1-9(13)3-2-4-10-5-7-11(12)8-6-10/h3-4,6,11,13-15H,2,5H2,1H3;5-6,14-15H,2-4H2,1H3;5-6,13-15H,2-4H2,1H3;3-6,11,13-14H,2,7H2,1H3;2*5-7,13-14H,2-4H2,1H3;3,6-8,13H,2,4-5H2,1H3;2-3,6,8,13H,4-5,7H2,1H3;5-8,13H,2-4H2,1H3/t11-;;;11-;;;;;/m0..0...../s1/i12-4;12+4,13+4;7*12+4. The van der Waals surface area contributed by atoms with Gasteiger partial charge < -0.3 is 89.5 Å². The van der Waals surface area contributed by atoms with Crippen molar-refractivity contribution in [3.8, 4) is 34.5 Å². The molecule has 684 valence electrons. The van der Waals surface area contributed by atoms with Gasteiger partial charge in [-0.25, -0.2) is 0 Å². The third-order valence-corrected chi connectivity index (χ3v) is 25.8. The molecular weight excluding hydrogens is 2700 g/mol. The van der Waals surface area contributed by atoms with Crippen LogP contribution in [0.15, 0.2) is 180 Å². The summed E-state index contributed by atoms with van der Waals surface area (Å²) in [7, 11) is 0. The molecule has 126 heavy (non-hydrogen) atoms. The number of aliphatic hydroxyl groups excluding tert-OH is 2. The molecule has 0 aromatic heterocycles. The molecule has 0 bridgehead atoms. The first-order valence-corrected chi connectivity index (χ1v) is 51.9. The van der Waals surface area contributed by atoms with Gasteiger partial charge in [0, 0.05) is 84.4 Å². The molecule has 2 atom stereocenters. The highest BCUT2D eigenvalue weighted by molar-refractivity contribution is 14.1. The van der Waals surface area contributed by atoms with Gasteiger partial charge in [-0.15, -0.1) is 0 Å². The van der Waals surface area contributed by atoms with E-state index in [9.17, 15) is 40.9 Å². The van der Waals surface area contributed by atoms with E-state index in [0.717, 1.165) is 198 Å². The topological polar surface area (TPSA) is 376 Å². The quantitative estimate of drug-likeness (QED) is 0.0101. The summed E-state index contributed by atoms with van der Waals surface area (Å²) in [6, 6.07) is 56.6. The summed E-state index contributed by atoms with van der Waals surface area (Å²) >= 11 is 23.5.